The summed E-state index contributed by atoms with van der Waals surface area (Å²) in [7, 11) is 0. The molecule has 0 bridgehead atoms. The summed E-state index contributed by atoms with van der Waals surface area (Å²) in [5, 5.41) is 0. The standard InChI is InChI=1S/C21H19N3O/c1-2-12-23(19-11-10-16-7-3-4-8-18(16)19)15-17-14-21(25)24-13-6-5-9-20(24)22-17/h1,3-9,13-14,19H,10-12,15H2/t19-/m1/s1. The normalized spacial score (nSPS) is 16.1. The van der Waals surface area contributed by atoms with Gasteiger partial charge in [-0.15, -0.1) is 6.42 Å². The highest BCUT2D eigenvalue weighted by molar-refractivity contribution is 5.38. The van der Waals surface area contributed by atoms with E-state index in [1.165, 1.54) is 11.1 Å². The first-order chi connectivity index (χ1) is 12.3. The zero-order chi connectivity index (χ0) is 17.2. The first-order valence-corrected chi connectivity index (χ1v) is 8.49. The van der Waals surface area contributed by atoms with Crippen molar-refractivity contribution >= 4 is 5.65 Å². The van der Waals surface area contributed by atoms with Crippen molar-refractivity contribution < 1.29 is 0 Å². The van der Waals surface area contributed by atoms with Crippen LogP contribution in [0.2, 0.25) is 0 Å². The second kappa shape index (κ2) is 6.54. The zero-order valence-electron chi connectivity index (χ0n) is 13.9. The Bertz CT molecular complexity index is 1020. The molecule has 4 nitrogen and oxygen atoms in total. The minimum atomic E-state index is -0.0620. The predicted octanol–water partition coefficient (Wildman–Crippen LogP) is 2.82. The molecule has 0 N–H and O–H groups in total. The number of terminal acetylenes is 1. The Morgan fingerprint density at radius 3 is 2.96 bits per heavy atom. The van der Waals surface area contributed by atoms with Gasteiger partial charge in [-0.05, 0) is 36.1 Å². The highest BCUT2D eigenvalue weighted by Crippen LogP contribution is 2.35. The summed E-state index contributed by atoms with van der Waals surface area (Å²) in [4.78, 5) is 19.2. The second-order valence-electron chi connectivity index (χ2n) is 6.38. The molecule has 3 aromatic rings. The lowest BCUT2D eigenvalue weighted by Gasteiger charge is -2.27. The van der Waals surface area contributed by atoms with Gasteiger partial charge < -0.3 is 0 Å². The van der Waals surface area contributed by atoms with Gasteiger partial charge in [-0.2, -0.15) is 0 Å². The molecule has 0 unspecified atom stereocenters. The molecule has 0 radical (unpaired) electrons. The Morgan fingerprint density at radius 1 is 1.24 bits per heavy atom. The number of hydrogen-bond donors (Lipinski definition) is 0. The number of benzene rings is 1. The van der Waals surface area contributed by atoms with Crippen molar-refractivity contribution in [1.29, 1.82) is 0 Å². The largest absolute Gasteiger partial charge is 0.279 e. The van der Waals surface area contributed by atoms with Crippen LogP contribution in [-0.2, 0) is 13.0 Å². The van der Waals surface area contributed by atoms with Crippen molar-refractivity contribution in [2.24, 2.45) is 0 Å². The molecule has 0 spiro atoms. The number of pyridine rings is 1. The van der Waals surface area contributed by atoms with Crippen LogP contribution in [0, 0.1) is 12.3 Å². The Kier molecular flexibility index (Phi) is 4.09. The van der Waals surface area contributed by atoms with Gasteiger partial charge in [-0.25, -0.2) is 4.98 Å². The van der Waals surface area contributed by atoms with Crippen LogP contribution in [-0.4, -0.2) is 20.8 Å². The van der Waals surface area contributed by atoms with Crippen molar-refractivity contribution in [3.63, 3.8) is 0 Å². The molecule has 124 valence electrons. The molecule has 0 saturated heterocycles. The summed E-state index contributed by atoms with van der Waals surface area (Å²) >= 11 is 0. The van der Waals surface area contributed by atoms with Gasteiger partial charge in [0, 0.05) is 24.8 Å². The fourth-order valence-corrected chi connectivity index (χ4v) is 3.70. The molecule has 1 aliphatic rings. The molecule has 25 heavy (non-hydrogen) atoms. The van der Waals surface area contributed by atoms with E-state index in [4.69, 9.17) is 6.42 Å². The van der Waals surface area contributed by atoms with Gasteiger partial charge in [-0.1, -0.05) is 36.3 Å². The number of rotatable bonds is 4. The molecule has 1 aromatic carbocycles. The third-order valence-electron chi connectivity index (χ3n) is 4.83. The third-order valence-corrected chi connectivity index (χ3v) is 4.83. The van der Waals surface area contributed by atoms with E-state index < -0.39 is 0 Å². The smallest absolute Gasteiger partial charge is 0.258 e. The highest BCUT2D eigenvalue weighted by Gasteiger charge is 2.27. The molecule has 4 heteroatoms. The van der Waals surface area contributed by atoms with E-state index in [0.29, 0.717) is 18.7 Å². The fraction of sp³-hybridized carbons (Fsp3) is 0.238. The summed E-state index contributed by atoms with van der Waals surface area (Å²) in [6.45, 7) is 1.11. The molecule has 0 amide bonds. The van der Waals surface area contributed by atoms with E-state index in [2.05, 4.69) is 40.1 Å². The van der Waals surface area contributed by atoms with Crippen molar-refractivity contribution in [2.75, 3.05) is 6.54 Å². The minimum Gasteiger partial charge on any atom is -0.279 e. The van der Waals surface area contributed by atoms with E-state index >= 15 is 0 Å². The van der Waals surface area contributed by atoms with Crippen molar-refractivity contribution in [3.8, 4) is 12.3 Å². The average Bonchev–Trinajstić information content (AvgIpc) is 3.05. The number of nitrogens with zero attached hydrogens (tertiary/aromatic N) is 3. The van der Waals surface area contributed by atoms with Crippen LogP contribution >= 0.6 is 0 Å². The first-order valence-electron chi connectivity index (χ1n) is 8.49. The number of aryl methyl sites for hydroxylation is 1. The molecule has 0 aliphatic heterocycles. The van der Waals surface area contributed by atoms with E-state index in [0.717, 1.165) is 18.5 Å². The van der Waals surface area contributed by atoms with Gasteiger partial charge in [0.25, 0.3) is 5.56 Å². The Labute approximate surface area is 146 Å². The molecule has 0 saturated carbocycles. The lowest BCUT2D eigenvalue weighted by atomic mass is 10.1. The lowest BCUT2D eigenvalue weighted by molar-refractivity contribution is 0.211. The van der Waals surface area contributed by atoms with Crippen LogP contribution in [0.3, 0.4) is 0 Å². The predicted molar refractivity (Wildman–Crippen MR) is 98.2 cm³/mol. The maximum absolute atomic E-state index is 12.3. The molecule has 4 rings (SSSR count). The van der Waals surface area contributed by atoms with Crippen molar-refractivity contribution in [3.05, 3.63) is 81.9 Å². The van der Waals surface area contributed by atoms with Gasteiger partial charge in [0.2, 0.25) is 0 Å². The Morgan fingerprint density at radius 2 is 2.08 bits per heavy atom. The van der Waals surface area contributed by atoms with Crippen LogP contribution in [0.5, 0.6) is 0 Å². The molecule has 0 fully saturated rings. The summed E-state index contributed by atoms with van der Waals surface area (Å²) in [6.07, 6.45) is 9.46. The number of fused-ring (bicyclic) bond motifs is 2. The number of aromatic nitrogens is 2. The van der Waals surface area contributed by atoms with Crippen LogP contribution in [0.4, 0.5) is 0 Å². The minimum absolute atomic E-state index is 0.0620. The van der Waals surface area contributed by atoms with E-state index in [9.17, 15) is 4.79 Å². The van der Waals surface area contributed by atoms with Gasteiger partial charge >= 0.3 is 0 Å². The molecule has 1 aliphatic carbocycles. The van der Waals surface area contributed by atoms with Gasteiger partial charge in [0.1, 0.15) is 5.65 Å². The summed E-state index contributed by atoms with van der Waals surface area (Å²) in [5.41, 5.74) is 4.10. The fourth-order valence-electron chi connectivity index (χ4n) is 3.70. The van der Waals surface area contributed by atoms with Gasteiger partial charge in [0.05, 0.1) is 12.2 Å². The lowest BCUT2D eigenvalue weighted by Crippen LogP contribution is -2.29. The van der Waals surface area contributed by atoms with Gasteiger partial charge in [-0.3, -0.25) is 14.1 Å². The maximum Gasteiger partial charge on any atom is 0.258 e. The van der Waals surface area contributed by atoms with E-state index in [1.807, 2.05) is 18.2 Å². The SMILES string of the molecule is C#CCN(Cc1cc(=O)n2ccccc2n1)[C@@H]1CCc2ccccc21. The van der Waals surface area contributed by atoms with Gasteiger partial charge in [0.15, 0.2) is 0 Å². The number of hydrogen-bond acceptors (Lipinski definition) is 3. The van der Waals surface area contributed by atoms with Crippen LogP contribution in [0.15, 0.2) is 59.5 Å². The van der Waals surface area contributed by atoms with E-state index in [1.54, 1.807) is 16.7 Å². The van der Waals surface area contributed by atoms with Crippen molar-refractivity contribution in [2.45, 2.75) is 25.4 Å². The third kappa shape index (κ3) is 2.95. The highest BCUT2D eigenvalue weighted by atomic mass is 16.1. The topological polar surface area (TPSA) is 37.6 Å². The summed E-state index contributed by atoms with van der Waals surface area (Å²) in [5.74, 6) is 2.76. The van der Waals surface area contributed by atoms with E-state index in [-0.39, 0.29) is 11.6 Å². The second-order valence-corrected chi connectivity index (χ2v) is 6.38. The summed E-state index contributed by atoms with van der Waals surface area (Å²) < 4.78 is 1.56. The van der Waals surface area contributed by atoms with Crippen LogP contribution in [0.1, 0.15) is 29.3 Å². The quantitative estimate of drug-likeness (QED) is 0.691. The monoisotopic (exact) mass is 329 g/mol. The molecule has 1 atom stereocenters. The maximum atomic E-state index is 12.3. The molecule has 2 aromatic heterocycles. The van der Waals surface area contributed by atoms with Crippen molar-refractivity contribution in [1.82, 2.24) is 14.3 Å². The Balaban J connectivity index is 1.68. The first kappa shape index (κ1) is 15.6. The summed E-state index contributed by atoms with van der Waals surface area (Å²) in [6, 6.07) is 16.0. The van der Waals surface area contributed by atoms with Crippen LogP contribution in [0.25, 0.3) is 5.65 Å². The molecular weight excluding hydrogens is 310 g/mol. The zero-order valence-corrected chi connectivity index (χ0v) is 13.9. The molecule has 2 heterocycles. The molecular formula is C21H19N3O. The Hall–Kier alpha value is -2.90. The average molecular weight is 329 g/mol. The van der Waals surface area contributed by atoms with Crippen LogP contribution < -0.4 is 5.56 Å².